The maximum Gasteiger partial charge on any atom is 0.246 e. The maximum absolute atomic E-state index is 13.0. The zero-order chi connectivity index (χ0) is 21.3. The molecule has 0 unspecified atom stereocenters. The summed E-state index contributed by atoms with van der Waals surface area (Å²) < 4.78 is 10.7. The zero-order valence-corrected chi connectivity index (χ0v) is 17.8. The van der Waals surface area contributed by atoms with Crippen LogP contribution < -0.4 is 20.1 Å². The highest BCUT2D eigenvalue weighted by atomic mass is 35.5. The minimum atomic E-state index is -0.484. The van der Waals surface area contributed by atoms with E-state index in [0.29, 0.717) is 28.8 Å². The van der Waals surface area contributed by atoms with Crippen molar-refractivity contribution in [3.8, 4) is 11.5 Å². The highest BCUT2D eigenvalue weighted by Gasteiger charge is 2.20. The van der Waals surface area contributed by atoms with Crippen LogP contribution in [0.1, 0.15) is 17.2 Å². The first-order valence-electron chi connectivity index (χ1n) is 9.66. The van der Waals surface area contributed by atoms with E-state index in [4.69, 9.17) is 21.1 Å². The molecule has 1 amide bonds. The molecule has 0 aliphatic carbocycles. The van der Waals surface area contributed by atoms with Gasteiger partial charge in [0.2, 0.25) is 5.91 Å². The second-order valence-electron chi connectivity index (χ2n) is 6.73. The van der Waals surface area contributed by atoms with E-state index < -0.39 is 6.04 Å². The second-order valence-corrected chi connectivity index (χ2v) is 7.17. The highest BCUT2D eigenvalue weighted by Crippen LogP contribution is 2.27. The van der Waals surface area contributed by atoms with Crippen molar-refractivity contribution in [2.45, 2.75) is 12.5 Å². The van der Waals surface area contributed by atoms with Gasteiger partial charge in [0, 0.05) is 17.3 Å². The van der Waals surface area contributed by atoms with Gasteiger partial charge in [-0.3, -0.25) is 4.79 Å². The Morgan fingerprint density at radius 1 is 0.933 bits per heavy atom. The number of hydrogen-bond acceptors (Lipinski definition) is 4. The van der Waals surface area contributed by atoms with Crippen LogP contribution in [0.4, 0.5) is 5.69 Å². The van der Waals surface area contributed by atoms with E-state index in [1.807, 2.05) is 48.5 Å². The molecule has 5 nitrogen and oxygen atoms in total. The molecule has 0 spiro atoms. The lowest BCUT2D eigenvalue weighted by molar-refractivity contribution is -0.118. The number of benzene rings is 3. The van der Waals surface area contributed by atoms with Crippen molar-refractivity contribution < 1.29 is 14.3 Å². The fourth-order valence-electron chi connectivity index (χ4n) is 3.15. The summed E-state index contributed by atoms with van der Waals surface area (Å²) in [5, 5.41) is 6.95. The fraction of sp³-hybridized carbons (Fsp3) is 0.208. The van der Waals surface area contributed by atoms with E-state index in [2.05, 4.69) is 10.6 Å². The van der Waals surface area contributed by atoms with Crippen LogP contribution in [0.25, 0.3) is 0 Å². The molecule has 0 aromatic heterocycles. The van der Waals surface area contributed by atoms with Crippen molar-refractivity contribution in [2.24, 2.45) is 0 Å². The first kappa shape index (κ1) is 21.7. The van der Waals surface area contributed by atoms with Crippen LogP contribution in [0.3, 0.4) is 0 Å². The molecule has 0 saturated heterocycles. The number of hydrogen-bond donors (Lipinski definition) is 2. The van der Waals surface area contributed by atoms with Crippen LogP contribution >= 0.6 is 11.6 Å². The third-order valence-electron chi connectivity index (χ3n) is 4.72. The van der Waals surface area contributed by atoms with Crippen LogP contribution in [0, 0.1) is 0 Å². The number of nitrogens with one attached hydrogen (secondary N) is 2. The molecule has 3 rings (SSSR count). The van der Waals surface area contributed by atoms with Crippen LogP contribution in [0.15, 0.2) is 72.8 Å². The molecule has 30 heavy (non-hydrogen) atoms. The van der Waals surface area contributed by atoms with Crippen molar-refractivity contribution in [3.05, 3.63) is 88.9 Å². The third kappa shape index (κ3) is 5.75. The van der Waals surface area contributed by atoms with E-state index in [-0.39, 0.29) is 5.91 Å². The molecule has 0 saturated carbocycles. The fourth-order valence-corrected chi connectivity index (χ4v) is 3.28. The molecular weight excluding hydrogens is 400 g/mol. The van der Waals surface area contributed by atoms with Gasteiger partial charge in [-0.1, -0.05) is 48.0 Å². The average molecular weight is 425 g/mol. The SMILES string of the molecule is COc1ccc(CCN[C@H](C(=O)Nc2ccc(Cl)cc2)c2ccccc2)cc1OC. The maximum atomic E-state index is 13.0. The molecule has 0 bridgehead atoms. The van der Waals surface area contributed by atoms with E-state index in [9.17, 15) is 4.79 Å². The smallest absolute Gasteiger partial charge is 0.246 e. The second kappa shape index (κ2) is 10.7. The van der Waals surface area contributed by atoms with E-state index in [0.717, 1.165) is 17.5 Å². The lowest BCUT2D eigenvalue weighted by Crippen LogP contribution is -2.34. The molecule has 0 aliphatic rings. The standard InChI is InChI=1S/C24H25ClN2O3/c1-29-21-13-8-17(16-22(21)30-2)14-15-26-23(18-6-4-3-5-7-18)24(28)27-20-11-9-19(25)10-12-20/h3-13,16,23,26H,14-15H2,1-2H3,(H,27,28)/t23-/m0/s1. The number of rotatable bonds is 9. The summed E-state index contributed by atoms with van der Waals surface area (Å²) in [5.41, 5.74) is 2.69. The number of ether oxygens (including phenoxy) is 2. The molecule has 3 aromatic rings. The molecular formula is C24H25ClN2O3. The number of anilines is 1. The van der Waals surface area contributed by atoms with E-state index in [1.54, 1.807) is 38.5 Å². The molecule has 2 N–H and O–H groups in total. The van der Waals surface area contributed by atoms with Crippen molar-refractivity contribution in [1.29, 1.82) is 0 Å². The molecule has 0 radical (unpaired) electrons. The minimum absolute atomic E-state index is 0.129. The third-order valence-corrected chi connectivity index (χ3v) is 4.97. The van der Waals surface area contributed by atoms with Gasteiger partial charge in [-0.05, 0) is 53.9 Å². The van der Waals surface area contributed by atoms with Gasteiger partial charge in [-0.25, -0.2) is 0 Å². The Labute approximate surface area is 182 Å². The van der Waals surface area contributed by atoms with Gasteiger partial charge >= 0.3 is 0 Å². The first-order valence-corrected chi connectivity index (χ1v) is 10.0. The predicted octanol–water partition coefficient (Wildman–Crippen LogP) is 4.87. The van der Waals surface area contributed by atoms with E-state index in [1.165, 1.54) is 0 Å². The molecule has 3 aromatic carbocycles. The molecule has 0 fully saturated rings. The Hall–Kier alpha value is -3.02. The molecule has 0 aliphatic heterocycles. The quantitative estimate of drug-likeness (QED) is 0.514. The Bertz CT molecular complexity index is 962. The summed E-state index contributed by atoms with van der Waals surface area (Å²) in [6.07, 6.45) is 0.734. The van der Waals surface area contributed by atoms with Crippen molar-refractivity contribution in [3.63, 3.8) is 0 Å². The molecule has 0 heterocycles. The van der Waals surface area contributed by atoms with Gasteiger partial charge in [0.1, 0.15) is 6.04 Å². The molecule has 6 heteroatoms. The normalized spacial score (nSPS) is 11.6. The Morgan fingerprint density at radius 3 is 2.30 bits per heavy atom. The number of amides is 1. The van der Waals surface area contributed by atoms with Crippen LogP contribution in [0.5, 0.6) is 11.5 Å². The van der Waals surface area contributed by atoms with Gasteiger partial charge in [0.25, 0.3) is 0 Å². The largest absolute Gasteiger partial charge is 0.493 e. The Morgan fingerprint density at radius 2 is 1.63 bits per heavy atom. The Balaban J connectivity index is 1.69. The van der Waals surface area contributed by atoms with Crippen molar-refractivity contribution >= 4 is 23.2 Å². The van der Waals surface area contributed by atoms with Gasteiger partial charge in [0.15, 0.2) is 11.5 Å². The molecule has 156 valence electrons. The van der Waals surface area contributed by atoms with Crippen LogP contribution in [-0.2, 0) is 11.2 Å². The summed E-state index contributed by atoms with van der Waals surface area (Å²) in [6.45, 7) is 0.614. The van der Waals surface area contributed by atoms with Crippen LogP contribution in [0.2, 0.25) is 5.02 Å². The first-order chi connectivity index (χ1) is 14.6. The van der Waals surface area contributed by atoms with Crippen LogP contribution in [-0.4, -0.2) is 26.7 Å². The Kier molecular flexibility index (Phi) is 7.71. The minimum Gasteiger partial charge on any atom is -0.493 e. The number of carbonyl (C=O) groups is 1. The van der Waals surface area contributed by atoms with Gasteiger partial charge < -0.3 is 20.1 Å². The van der Waals surface area contributed by atoms with Gasteiger partial charge in [-0.2, -0.15) is 0 Å². The summed E-state index contributed by atoms with van der Waals surface area (Å²) in [4.78, 5) is 13.0. The monoisotopic (exact) mass is 424 g/mol. The zero-order valence-electron chi connectivity index (χ0n) is 17.0. The van der Waals surface area contributed by atoms with Gasteiger partial charge in [-0.15, -0.1) is 0 Å². The van der Waals surface area contributed by atoms with Crippen molar-refractivity contribution in [2.75, 3.05) is 26.1 Å². The lowest BCUT2D eigenvalue weighted by atomic mass is 10.1. The summed E-state index contributed by atoms with van der Waals surface area (Å²) in [5.74, 6) is 1.25. The summed E-state index contributed by atoms with van der Waals surface area (Å²) in [7, 11) is 3.23. The molecule has 1 atom stereocenters. The number of carbonyl (C=O) groups excluding carboxylic acids is 1. The summed E-state index contributed by atoms with van der Waals surface area (Å²) in [6, 6.07) is 22.1. The number of halogens is 1. The van der Waals surface area contributed by atoms with Gasteiger partial charge in [0.05, 0.1) is 14.2 Å². The lowest BCUT2D eigenvalue weighted by Gasteiger charge is -2.19. The van der Waals surface area contributed by atoms with Crippen molar-refractivity contribution in [1.82, 2.24) is 5.32 Å². The average Bonchev–Trinajstić information content (AvgIpc) is 2.78. The number of methoxy groups -OCH3 is 2. The highest BCUT2D eigenvalue weighted by molar-refractivity contribution is 6.30. The topological polar surface area (TPSA) is 59.6 Å². The van der Waals surface area contributed by atoms with E-state index >= 15 is 0 Å². The summed E-state index contributed by atoms with van der Waals surface area (Å²) >= 11 is 5.93. The predicted molar refractivity (Wildman–Crippen MR) is 121 cm³/mol.